The number of pyridine rings is 1. The van der Waals surface area contributed by atoms with Crippen molar-refractivity contribution in [1.29, 1.82) is 0 Å². The number of hydrogen-bond donors (Lipinski definition) is 2. The highest BCUT2D eigenvalue weighted by Gasteiger charge is 2.14. The first-order valence-electron chi connectivity index (χ1n) is 9.67. The van der Waals surface area contributed by atoms with Gasteiger partial charge in [0.25, 0.3) is 5.91 Å². The lowest BCUT2D eigenvalue weighted by Crippen LogP contribution is -2.22. The molecule has 30 heavy (non-hydrogen) atoms. The first kappa shape index (κ1) is 19.4. The van der Waals surface area contributed by atoms with Gasteiger partial charge >= 0.3 is 0 Å². The molecule has 2 aromatic heterocycles. The van der Waals surface area contributed by atoms with Crippen molar-refractivity contribution in [2.24, 2.45) is 4.99 Å². The Kier molecular flexibility index (Phi) is 5.30. The van der Waals surface area contributed by atoms with E-state index in [1.54, 1.807) is 24.3 Å². The lowest BCUT2D eigenvalue weighted by atomic mass is 10.1. The molecule has 0 bridgehead atoms. The summed E-state index contributed by atoms with van der Waals surface area (Å²) in [6, 6.07) is 19.6. The number of benzene rings is 2. The van der Waals surface area contributed by atoms with E-state index in [4.69, 9.17) is 4.42 Å². The van der Waals surface area contributed by atoms with Crippen molar-refractivity contribution in [2.45, 2.75) is 20.3 Å². The molecule has 0 radical (unpaired) electrons. The average molecular weight is 399 g/mol. The maximum absolute atomic E-state index is 13.0. The minimum Gasteiger partial charge on any atom is -0.508 e. The molecular formula is C24H21N3O3. The highest BCUT2D eigenvalue weighted by atomic mass is 16.3. The van der Waals surface area contributed by atoms with E-state index in [1.807, 2.05) is 43.3 Å². The van der Waals surface area contributed by atoms with Crippen molar-refractivity contribution in [1.82, 2.24) is 4.98 Å². The molecule has 6 nitrogen and oxygen atoms in total. The summed E-state index contributed by atoms with van der Waals surface area (Å²) in [6.07, 6.45) is 0.873. The summed E-state index contributed by atoms with van der Waals surface area (Å²) in [5, 5.41) is 13.3. The first-order valence-corrected chi connectivity index (χ1v) is 9.67. The number of aromatic nitrogens is 1. The van der Waals surface area contributed by atoms with Crippen LogP contribution in [0.1, 0.15) is 28.5 Å². The number of amides is 1. The number of aryl methyl sites for hydroxylation is 2. The number of carbonyl (C=O) groups is 1. The van der Waals surface area contributed by atoms with E-state index in [9.17, 15) is 9.90 Å². The fraction of sp³-hybridized carbons (Fsp3) is 0.125. The first-order chi connectivity index (χ1) is 14.5. The number of nitrogens with zero attached hydrogens (tertiary/aromatic N) is 2. The van der Waals surface area contributed by atoms with Gasteiger partial charge in [-0.05, 0) is 61.4 Å². The second kappa shape index (κ2) is 8.21. The van der Waals surface area contributed by atoms with Gasteiger partial charge in [-0.2, -0.15) is 0 Å². The van der Waals surface area contributed by atoms with E-state index in [0.717, 1.165) is 17.7 Å². The van der Waals surface area contributed by atoms with Gasteiger partial charge in [0, 0.05) is 17.1 Å². The standard InChI is InChI=1S/C24H21N3O3/c1-3-16-7-5-8-18(12-16)26-24-20(13-17-10-11-19(28)14-21(17)30-24)23(29)27-22-9-4-6-15(2)25-22/h4-14,28H,3H2,1-2H3,(H,25,27,29). The van der Waals surface area contributed by atoms with Gasteiger partial charge in [-0.25, -0.2) is 9.98 Å². The second-order valence-corrected chi connectivity index (χ2v) is 6.94. The van der Waals surface area contributed by atoms with Crippen molar-refractivity contribution < 1.29 is 14.3 Å². The zero-order chi connectivity index (χ0) is 21.1. The van der Waals surface area contributed by atoms with Gasteiger partial charge in [-0.15, -0.1) is 0 Å². The number of hydrogen-bond acceptors (Lipinski definition) is 5. The molecule has 1 amide bonds. The van der Waals surface area contributed by atoms with Crippen LogP contribution in [-0.2, 0) is 6.42 Å². The van der Waals surface area contributed by atoms with Crippen LogP contribution >= 0.6 is 0 Å². The van der Waals surface area contributed by atoms with Crippen molar-refractivity contribution in [3.63, 3.8) is 0 Å². The van der Waals surface area contributed by atoms with Gasteiger partial charge in [0.15, 0.2) is 0 Å². The van der Waals surface area contributed by atoms with Crippen LogP contribution in [0, 0.1) is 6.92 Å². The molecule has 0 fully saturated rings. The van der Waals surface area contributed by atoms with E-state index in [2.05, 4.69) is 22.2 Å². The number of anilines is 1. The molecule has 0 atom stereocenters. The van der Waals surface area contributed by atoms with Crippen LogP contribution in [0.3, 0.4) is 0 Å². The van der Waals surface area contributed by atoms with Crippen molar-refractivity contribution >= 4 is 28.4 Å². The van der Waals surface area contributed by atoms with Gasteiger partial charge in [0.2, 0.25) is 5.55 Å². The Bertz CT molecular complexity index is 1310. The summed E-state index contributed by atoms with van der Waals surface area (Å²) in [4.78, 5) is 22.0. The van der Waals surface area contributed by atoms with Crippen LogP contribution in [-0.4, -0.2) is 16.0 Å². The van der Waals surface area contributed by atoms with Crippen molar-refractivity contribution in [2.75, 3.05) is 5.32 Å². The van der Waals surface area contributed by atoms with Gasteiger partial charge in [-0.1, -0.05) is 25.1 Å². The van der Waals surface area contributed by atoms with Gasteiger partial charge in [-0.3, -0.25) is 4.79 Å². The Balaban J connectivity index is 1.85. The molecule has 4 rings (SSSR count). The number of aromatic hydroxyl groups is 1. The summed E-state index contributed by atoms with van der Waals surface area (Å²) >= 11 is 0. The molecule has 4 aromatic rings. The normalized spacial score (nSPS) is 11.6. The van der Waals surface area contributed by atoms with Crippen LogP contribution in [0.4, 0.5) is 11.5 Å². The third kappa shape index (κ3) is 4.22. The minimum absolute atomic E-state index is 0.0753. The van der Waals surface area contributed by atoms with Crippen molar-refractivity contribution in [3.05, 3.63) is 89.1 Å². The molecule has 0 spiro atoms. The highest BCUT2D eigenvalue weighted by Crippen LogP contribution is 2.21. The molecule has 6 heteroatoms. The molecule has 150 valence electrons. The molecule has 0 unspecified atom stereocenters. The quantitative estimate of drug-likeness (QED) is 0.511. The Morgan fingerprint density at radius 2 is 1.93 bits per heavy atom. The fourth-order valence-electron chi connectivity index (χ4n) is 3.11. The number of phenols is 1. The summed E-state index contributed by atoms with van der Waals surface area (Å²) in [7, 11) is 0. The second-order valence-electron chi connectivity index (χ2n) is 6.94. The molecule has 0 saturated heterocycles. The van der Waals surface area contributed by atoms with Crippen LogP contribution in [0.25, 0.3) is 11.0 Å². The van der Waals surface area contributed by atoms with E-state index in [0.29, 0.717) is 22.5 Å². The van der Waals surface area contributed by atoms with Gasteiger partial charge < -0.3 is 14.8 Å². The third-order valence-corrected chi connectivity index (χ3v) is 4.66. The molecule has 0 aliphatic carbocycles. The highest BCUT2D eigenvalue weighted by molar-refractivity contribution is 6.05. The van der Waals surface area contributed by atoms with Crippen molar-refractivity contribution in [3.8, 4) is 5.75 Å². The van der Waals surface area contributed by atoms with Crippen LogP contribution < -0.4 is 10.9 Å². The van der Waals surface area contributed by atoms with Gasteiger partial charge in [0.1, 0.15) is 22.7 Å². The van der Waals surface area contributed by atoms with E-state index in [-0.39, 0.29) is 22.8 Å². The van der Waals surface area contributed by atoms with E-state index >= 15 is 0 Å². The Labute approximate surface area is 173 Å². The molecule has 0 saturated carbocycles. The Morgan fingerprint density at radius 1 is 1.10 bits per heavy atom. The summed E-state index contributed by atoms with van der Waals surface area (Å²) in [5.41, 5.74) is 3.48. The maximum atomic E-state index is 13.0. The molecule has 2 aromatic carbocycles. The summed E-state index contributed by atoms with van der Waals surface area (Å²) < 4.78 is 5.93. The largest absolute Gasteiger partial charge is 0.508 e. The van der Waals surface area contributed by atoms with Crippen LogP contribution in [0.5, 0.6) is 5.75 Å². The smallest absolute Gasteiger partial charge is 0.262 e. The zero-order valence-electron chi connectivity index (χ0n) is 16.7. The molecular weight excluding hydrogens is 378 g/mol. The fourth-order valence-corrected chi connectivity index (χ4v) is 3.11. The lowest BCUT2D eigenvalue weighted by Gasteiger charge is -2.07. The monoisotopic (exact) mass is 399 g/mol. The minimum atomic E-state index is -0.378. The molecule has 0 aliphatic heterocycles. The number of nitrogens with one attached hydrogen (secondary N) is 1. The number of rotatable bonds is 4. The average Bonchev–Trinajstić information content (AvgIpc) is 2.73. The lowest BCUT2D eigenvalue weighted by molar-refractivity contribution is 0.102. The predicted molar refractivity (Wildman–Crippen MR) is 116 cm³/mol. The topological polar surface area (TPSA) is 87.7 Å². The molecule has 0 aliphatic rings. The Hall–Kier alpha value is -3.93. The number of phenolic OH excluding ortho intramolecular Hbond substituents is 1. The van der Waals surface area contributed by atoms with Gasteiger partial charge in [0.05, 0.1) is 5.69 Å². The van der Waals surface area contributed by atoms with E-state index < -0.39 is 0 Å². The third-order valence-electron chi connectivity index (χ3n) is 4.66. The number of carbonyl (C=O) groups excluding carboxylic acids is 1. The number of fused-ring (bicyclic) bond motifs is 1. The Morgan fingerprint density at radius 3 is 2.73 bits per heavy atom. The van der Waals surface area contributed by atoms with Crippen LogP contribution in [0.15, 0.2) is 76.1 Å². The van der Waals surface area contributed by atoms with Crippen LogP contribution in [0.2, 0.25) is 0 Å². The summed E-state index contributed by atoms with van der Waals surface area (Å²) in [5.74, 6) is 0.147. The zero-order valence-corrected chi connectivity index (χ0v) is 16.7. The van der Waals surface area contributed by atoms with E-state index in [1.165, 1.54) is 6.07 Å². The SMILES string of the molecule is CCc1cccc(N=c2oc3cc(O)ccc3cc2C(=O)Nc2cccc(C)n2)c1. The summed E-state index contributed by atoms with van der Waals surface area (Å²) in [6.45, 7) is 3.92. The molecule has 2 N–H and O–H groups in total. The maximum Gasteiger partial charge on any atom is 0.262 e. The predicted octanol–water partition coefficient (Wildman–Crippen LogP) is 4.89. The molecule has 2 heterocycles.